The van der Waals surface area contributed by atoms with E-state index in [-0.39, 0.29) is 17.6 Å². The van der Waals surface area contributed by atoms with Crippen molar-refractivity contribution in [3.63, 3.8) is 0 Å². The van der Waals surface area contributed by atoms with Crippen LogP contribution in [0.1, 0.15) is 32.3 Å². The van der Waals surface area contributed by atoms with Gasteiger partial charge in [0.2, 0.25) is 5.91 Å². The lowest BCUT2D eigenvalue weighted by atomic mass is 9.97. The molecule has 1 atom stereocenters. The van der Waals surface area contributed by atoms with E-state index in [1.165, 1.54) is 6.08 Å². The highest BCUT2D eigenvalue weighted by molar-refractivity contribution is 5.97. The minimum atomic E-state index is -0.208. The highest BCUT2D eigenvalue weighted by Crippen LogP contribution is 2.34. The molecule has 22 heavy (non-hydrogen) atoms. The Bertz CT molecular complexity index is 653. The number of carbonyl (C=O) groups excluding carboxylic acids is 2. The highest BCUT2D eigenvalue weighted by atomic mass is 16.1. The largest absolute Gasteiger partial charge is 0.326 e. The fourth-order valence-electron chi connectivity index (χ4n) is 2.57. The number of carbonyl (C=O) groups is 2. The van der Waals surface area contributed by atoms with Gasteiger partial charge < -0.3 is 5.32 Å². The molecule has 0 fully saturated rings. The number of Topliss-reactive ketones (excluding diaryl/α,β-unsaturated/α-hetero) is 1. The van der Waals surface area contributed by atoms with Crippen LogP contribution in [0, 0.1) is 5.92 Å². The summed E-state index contributed by atoms with van der Waals surface area (Å²) >= 11 is 0. The van der Waals surface area contributed by atoms with Crippen molar-refractivity contribution in [2.75, 3.05) is 0 Å². The fourth-order valence-corrected chi connectivity index (χ4v) is 2.57. The minimum Gasteiger partial charge on any atom is -0.326 e. The molecule has 3 heteroatoms. The molecular weight excluding hydrogens is 274 g/mol. The summed E-state index contributed by atoms with van der Waals surface area (Å²) in [7, 11) is 0. The summed E-state index contributed by atoms with van der Waals surface area (Å²) in [6.07, 6.45) is 4.60. The van der Waals surface area contributed by atoms with E-state index in [0.29, 0.717) is 12.8 Å². The topological polar surface area (TPSA) is 46.2 Å². The molecule has 1 aliphatic carbocycles. The second-order valence-corrected chi connectivity index (χ2v) is 5.70. The number of allylic oxidation sites excluding steroid dienone is 3. The van der Waals surface area contributed by atoms with Gasteiger partial charge in [-0.2, -0.15) is 0 Å². The van der Waals surface area contributed by atoms with Gasteiger partial charge in [0, 0.05) is 17.3 Å². The zero-order valence-corrected chi connectivity index (χ0v) is 13.1. The van der Waals surface area contributed by atoms with E-state index in [2.05, 4.69) is 11.9 Å². The van der Waals surface area contributed by atoms with Crippen LogP contribution in [-0.2, 0) is 9.59 Å². The maximum absolute atomic E-state index is 12.1. The molecule has 1 aromatic carbocycles. The lowest BCUT2D eigenvalue weighted by Gasteiger charge is -2.09. The van der Waals surface area contributed by atoms with Crippen molar-refractivity contribution in [3.8, 4) is 0 Å². The van der Waals surface area contributed by atoms with Gasteiger partial charge in [0.25, 0.3) is 0 Å². The van der Waals surface area contributed by atoms with Crippen LogP contribution in [0.5, 0.6) is 0 Å². The second-order valence-electron chi connectivity index (χ2n) is 5.70. The van der Waals surface area contributed by atoms with Crippen molar-refractivity contribution in [2.45, 2.75) is 26.7 Å². The number of rotatable bonds is 5. The van der Waals surface area contributed by atoms with Gasteiger partial charge in [0.05, 0.1) is 0 Å². The summed E-state index contributed by atoms with van der Waals surface area (Å²) < 4.78 is 0. The van der Waals surface area contributed by atoms with Crippen LogP contribution in [0.2, 0.25) is 0 Å². The van der Waals surface area contributed by atoms with Crippen molar-refractivity contribution in [1.29, 1.82) is 0 Å². The van der Waals surface area contributed by atoms with E-state index in [9.17, 15) is 9.59 Å². The van der Waals surface area contributed by atoms with E-state index in [4.69, 9.17) is 0 Å². The lowest BCUT2D eigenvalue weighted by molar-refractivity contribution is -0.115. The molecule has 0 saturated heterocycles. The average Bonchev–Trinajstić information content (AvgIpc) is 2.90. The molecule has 0 heterocycles. The van der Waals surface area contributed by atoms with E-state index < -0.39 is 0 Å². The number of nitrogens with one attached hydrogen (secondary N) is 1. The molecule has 1 amide bonds. The van der Waals surface area contributed by atoms with Gasteiger partial charge in [0.1, 0.15) is 0 Å². The molecule has 0 unspecified atom stereocenters. The summed E-state index contributed by atoms with van der Waals surface area (Å²) in [6.45, 7) is 7.46. The molecule has 1 N–H and O–H groups in total. The Morgan fingerprint density at radius 1 is 1.18 bits per heavy atom. The number of amides is 1. The molecule has 1 aliphatic rings. The summed E-state index contributed by atoms with van der Waals surface area (Å²) in [5.41, 5.74) is 3.46. The van der Waals surface area contributed by atoms with E-state index in [0.717, 1.165) is 22.4 Å². The molecule has 0 spiro atoms. The van der Waals surface area contributed by atoms with Gasteiger partial charge in [-0.05, 0) is 44.2 Å². The third-order valence-corrected chi connectivity index (χ3v) is 3.89. The Balaban J connectivity index is 2.06. The molecule has 0 saturated carbocycles. The molecule has 3 nitrogen and oxygen atoms in total. The first-order valence-corrected chi connectivity index (χ1v) is 7.40. The number of benzene rings is 1. The second kappa shape index (κ2) is 7.03. The molecule has 2 rings (SSSR count). The van der Waals surface area contributed by atoms with Gasteiger partial charge in [-0.25, -0.2) is 0 Å². The lowest BCUT2D eigenvalue weighted by Crippen LogP contribution is -2.21. The summed E-state index contributed by atoms with van der Waals surface area (Å²) in [4.78, 5) is 23.8. The van der Waals surface area contributed by atoms with Gasteiger partial charge in [-0.1, -0.05) is 42.5 Å². The van der Waals surface area contributed by atoms with Crippen LogP contribution in [-0.4, -0.2) is 11.7 Å². The predicted molar refractivity (Wildman–Crippen MR) is 88.9 cm³/mol. The van der Waals surface area contributed by atoms with Gasteiger partial charge in [-0.3, -0.25) is 9.59 Å². The summed E-state index contributed by atoms with van der Waals surface area (Å²) in [5, 5.41) is 2.86. The molecule has 0 aromatic heterocycles. The summed E-state index contributed by atoms with van der Waals surface area (Å²) in [5.74, 6) is 0.0540. The SMILES string of the molecule is C=C(C)[C@H]1CC(NC(=O)/C=C/c2ccccc2)=C(C(C)=O)C1. The van der Waals surface area contributed by atoms with Crippen molar-refractivity contribution in [1.82, 2.24) is 5.32 Å². The first-order valence-electron chi connectivity index (χ1n) is 7.40. The zero-order chi connectivity index (χ0) is 16.1. The van der Waals surface area contributed by atoms with Crippen molar-refractivity contribution < 1.29 is 9.59 Å². The highest BCUT2D eigenvalue weighted by Gasteiger charge is 2.27. The quantitative estimate of drug-likeness (QED) is 0.666. The van der Waals surface area contributed by atoms with E-state index in [1.807, 2.05) is 37.3 Å². The Kier molecular flexibility index (Phi) is 5.10. The van der Waals surface area contributed by atoms with Crippen molar-refractivity contribution in [3.05, 3.63) is 65.4 Å². The standard InChI is InChI=1S/C19H21NO2/c1-13(2)16-11-17(14(3)21)18(12-16)20-19(22)10-9-15-7-5-4-6-8-15/h4-10,16H,1,11-12H2,2-3H3,(H,20,22)/b10-9+/t16-/m1/s1. The van der Waals surface area contributed by atoms with Crippen LogP contribution < -0.4 is 5.32 Å². The average molecular weight is 295 g/mol. The van der Waals surface area contributed by atoms with Gasteiger partial charge >= 0.3 is 0 Å². The monoisotopic (exact) mass is 295 g/mol. The normalized spacial score (nSPS) is 17.8. The van der Waals surface area contributed by atoms with Crippen molar-refractivity contribution in [2.24, 2.45) is 5.92 Å². The van der Waals surface area contributed by atoms with Crippen LogP contribution in [0.15, 0.2) is 59.8 Å². The minimum absolute atomic E-state index is 0.0195. The van der Waals surface area contributed by atoms with Crippen LogP contribution in [0.4, 0.5) is 0 Å². The molecule has 0 aliphatic heterocycles. The molecular formula is C19H21NO2. The van der Waals surface area contributed by atoms with Gasteiger partial charge in [-0.15, -0.1) is 0 Å². The molecule has 1 aromatic rings. The van der Waals surface area contributed by atoms with Gasteiger partial charge in [0.15, 0.2) is 5.78 Å². The third-order valence-electron chi connectivity index (χ3n) is 3.89. The number of hydrogen-bond donors (Lipinski definition) is 1. The Morgan fingerprint density at radius 2 is 1.86 bits per heavy atom. The zero-order valence-electron chi connectivity index (χ0n) is 13.1. The molecule has 0 radical (unpaired) electrons. The number of hydrogen-bond acceptors (Lipinski definition) is 2. The smallest absolute Gasteiger partial charge is 0.248 e. The van der Waals surface area contributed by atoms with Crippen molar-refractivity contribution >= 4 is 17.8 Å². The first kappa shape index (κ1) is 16.0. The van der Waals surface area contributed by atoms with E-state index >= 15 is 0 Å². The van der Waals surface area contributed by atoms with Crippen LogP contribution in [0.25, 0.3) is 6.08 Å². The maximum atomic E-state index is 12.1. The number of ketones is 1. The maximum Gasteiger partial charge on any atom is 0.248 e. The van der Waals surface area contributed by atoms with E-state index in [1.54, 1.807) is 13.0 Å². The third kappa shape index (κ3) is 4.04. The molecule has 114 valence electrons. The fraction of sp³-hybridized carbons (Fsp3) is 0.263. The Hall–Kier alpha value is -2.42. The van der Waals surface area contributed by atoms with Crippen LogP contribution in [0.3, 0.4) is 0 Å². The Labute approximate surface area is 131 Å². The Morgan fingerprint density at radius 3 is 2.45 bits per heavy atom. The first-order chi connectivity index (χ1) is 10.5. The molecule has 0 bridgehead atoms. The van der Waals surface area contributed by atoms with Crippen LogP contribution >= 0.6 is 0 Å². The predicted octanol–water partition coefficient (Wildman–Crippen LogP) is 3.65. The summed E-state index contributed by atoms with van der Waals surface area (Å²) in [6, 6.07) is 9.62.